The number of tetrazole rings is 1. The smallest absolute Gasteiger partial charge is 0.252 e. The van der Waals surface area contributed by atoms with Crippen LogP contribution in [0.15, 0.2) is 67.0 Å². The molecule has 1 atom stereocenters. The summed E-state index contributed by atoms with van der Waals surface area (Å²) >= 11 is 6.41. The number of amides is 1. The quantitative estimate of drug-likeness (QED) is 0.383. The molecule has 5 rings (SSSR count). The van der Waals surface area contributed by atoms with Gasteiger partial charge in [-0.15, -0.1) is 5.10 Å². The Morgan fingerprint density at radius 3 is 2.62 bits per heavy atom. The molecule has 1 amide bonds. The van der Waals surface area contributed by atoms with Gasteiger partial charge in [0.15, 0.2) is 0 Å². The summed E-state index contributed by atoms with van der Waals surface area (Å²) in [6.07, 6.45) is 1.46. The number of nitrogens with one attached hydrogen (secondary N) is 2. The van der Waals surface area contributed by atoms with E-state index in [9.17, 15) is 4.79 Å². The minimum atomic E-state index is -0.267. The predicted octanol–water partition coefficient (Wildman–Crippen LogP) is 4.37. The first-order valence-electron chi connectivity index (χ1n) is 10.8. The third kappa shape index (κ3) is 4.27. The molecule has 0 aliphatic heterocycles. The summed E-state index contributed by atoms with van der Waals surface area (Å²) in [5.74, 6) is 0.376. The van der Waals surface area contributed by atoms with Crippen molar-refractivity contribution in [1.82, 2.24) is 35.5 Å². The summed E-state index contributed by atoms with van der Waals surface area (Å²) in [5.41, 5.74) is 6.37. The summed E-state index contributed by atoms with van der Waals surface area (Å²) in [6, 6.07) is 19.3. The third-order valence-corrected chi connectivity index (χ3v) is 6.24. The summed E-state index contributed by atoms with van der Waals surface area (Å²) in [7, 11) is 0. The molecule has 0 aliphatic rings. The molecule has 0 fully saturated rings. The maximum atomic E-state index is 13.0. The summed E-state index contributed by atoms with van der Waals surface area (Å²) in [5, 5.41) is 14.4. The summed E-state index contributed by atoms with van der Waals surface area (Å²) in [4.78, 5) is 21.3. The van der Waals surface area contributed by atoms with E-state index >= 15 is 0 Å². The molecular weight excluding hydrogens is 450 g/mol. The van der Waals surface area contributed by atoms with Crippen LogP contribution in [-0.4, -0.2) is 42.6 Å². The zero-order chi connectivity index (χ0) is 23.7. The lowest BCUT2D eigenvalue weighted by molar-refractivity contribution is 0.0952. The average molecular weight is 472 g/mol. The van der Waals surface area contributed by atoms with Gasteiger partial charge >= 0.3 is 0 Å². The zero-order valence-corrected chi connectivity index (χ0v) is 19.4. The molecule has 2 heterocycles. The van der Waals surface area contributed by atoms with Gasteiger partial charge in [0.2, 0.25) is 0 Å². The standard InChI is InChI=1S/C25H22ClN7O/c1-15-10-22-23(11-16(15)2)30-24(29-22)20(17-6-4-3-5-7-17)13-27-25(34)19-9-8-18(12-21(19)26)33-14-28-31-32-33/h3-12,14,20H,13H2,1-2H3,(H,27,34)(H,29,30)/t20-/m0/s1. The zero-order valence-electron chi connectivity index (χ0n) is 18.7. The van der Waals surface area contributed by atoms with Gasteiger partial charge in [0.1, 0.15) is 12.2 Å². The van der Waals surface area contributed by atoms with Crippen molar-refractivity contribution in [1.29, 1.82) is 0 Å². The fourth-order valence-electron chi connectivity index (χ4n) is 3.91. The number of H-pyrrole nitrogens is 1. The first-order valence-corrected chi connectivity index (χ1v) is 11.2. The number of hydrogen-bond donors (Lipinski definition) is 2. The Morgan fingerprint density at radius 2 is 1.88 bits per heavy atom. The molecule has 0 saturated carbocycles. The number of hydrogen-bond acceptors (Lipinski definition) is 5. The number of carbonyl (C=O) groups excluding carboxylic acids is 1. The van der Waals surface area contributed by atoms with Crippen LogP contribution in [-0.2, 0) is 0 Å². The number of carbonyl (C=O) groups is 1. The number of fused-ring (bicyclic) bond motifs is 1. The number of benzene rings is 3. The van der Waals surface area contributed by atoms with E-state index in [1.165, 1.54) is 22.1 Å². The number of rotatable bonds is 6. The van der Waals surface area contributed by atoms with E-state index in [1.54, 1.807) is 18.2 Å². The van der Waals surface area contributed by atoms with Crippen LogP contribution in [0.25, 0.3) is 16.7 Å². The maximum absolute atomic E-state index is 13.0. The second-order valence-corrected chi connectivity index (χ2v) is 8.57. The number of aryl methyl sites for hydroxylation is 2. The Balaban J connectivity index is 1.41. The van der Waals surface area contributed by atoms with Gasteiger partial charge in [-0.05, 0) is 71.3 Å². The molecule has 0 bridgehead atoms. The molecule has 5 aromatic rings. The molecule has 170 valence electrons. The van der Waals surface area contributed by atoms with Crippen LogP contribution in [0.4, 0.5) is 0 Å². The molecule has 0 aliphatic carbocycles. The number of halogens is 1. The molecule has 9 heteroatoms. The van der Waals surface area contributed by atoms with Crippen LogP contribution in [0.3, 0.4) is 0 Å². The van der Waals surface area contributed by atoms with Gasteiger partial charge in [-0.3, -0.25) is 4.79 Å². The van der Waals surface area contributed by atoms with E-state index in [0.717, 1.165) is 22.4 Å². The highest BCUT2D eigenvalue weighted by atomic mass is 35.5. The molecule has 0 spiro atoms. The van der Waals surface area contributed by atoms with E-state index in [2.05, 4.69) is 51.8 Å². The lowest BCUT2D eigenvalue weighted by Crippen LogP contribution is -2.29. The molecular formula is C25H22ClN7O. The fraction of sp³-hybridized carbons (Fsp3) is 0.160. The number of imidazole rings is 1. The summed E-state index contributed by atoms with van der Waals surface area (Å²) < 4.78 is 1.48. The predicted molar refractivity (Wildman–Crippen MR) is 130 cm³/mol. The van der Waals surface area contributed by atoms with Crippen LogP contribution in [0.5, 0.6) is 0 Å². The first-order chi connectivity index (χ1) is 16.5. The molecule has 2 aromatic heterocycles. The molecule has 0 unspecified atom stereocenters. The van der Waals surface area contributed by atoms with E-state index < -0.39 is 0 Å². The van der Waals surface area contributed by atoms with Crippen molar-refractivity contribution in [2.75, 3.05) is 6.54 Å². The highest BCUT2D eigenvalue weighted by Gasteiger charge is 2.21. The van der Waals surface area contributed by atoms with Gasteiger partial charge in [-0.25, -0.2) is 9.67 Å². The van der Waals surface area contributed by atoms with Crippen LogP contribution in [0.2, 0.25) is 5.02 Å². The fourth-order valence-corrected chi connectivity index (χ4v) is 4.17. The minimum absolute atomic E-state index is 0.155. The SMILES string of the molecule is Cc1cc2nc([C@@H](CNC(=O)c3ccc(-n4cnnn4)cc3Cl)c3ccccc3)[nH]c2cc1C. The average Bonchev–Trinajstić information content (AvgIpc) is 3.50. The topological polar surface area (TPSA) is 101 Å². The van der Waals surface area contributed by atoms with Crippen LogP contribution < -0.4 is 5.32 Å². The Labute approximate surface area is 201 Å². The van der Waals surface area contributed by atoms with Crippen molar-refractivity contribution in [3.8, 4) is 5.69 Å². The lowest BCUT2D eigenvalue weighted by Gasteiger charge is -2.16. The maximum Gasteiger partial charge on any atom is 0.252 e. The number of nitrogens with zero attached hydrogens (tertiary/aromatic N) is 5. The van der Waals surface area contributed by atoms with E-state index in [1.807, 2.05) is 30.3 Å². The minimum Gasteiger partial charge on any atom is -0.351 e. The van der Waals surface area contributed by atoms with Crippen molar-refractivity contribution < 1.29 is 4.79 Å². The van der Waals surface area contributed by atoms with Crippen molar-refractivity contribution in [2.24, 2.45) is 0 Å². The van der Waals surface area contributed by atoms with Crippen LogP contribution >= 0.6 is 11.6 Å². The van der Waals surface area contributed by atoms with E-state index in [-0.39, 0.29) is 11.8 Å². The normalized spacial score (nSPS) is 12.1. The summed E-state index contributed by atoms with van der Waals surface area (Å²) in [6.45, 7) is 4.51. The highest BCUT2D eigenvalue weighted by Crippen LogP contribution is 2.26. The van der Waals surface area contributed by atoms with Crippen molar-refractivity contribution >= 4 is 28.5 Å². The van der Waals surface area contributed by atoms with Gasteiger partial charge in [0, 0.05) is 6.54 Å². The van der Waals surface area contributed by atoms with Gasteiger partial charge in [0.05, 0.1) is 33.2 Å². The Bertz CT molecular complexity index is 1420. The second-order valence-electron chi connectivity index (χ2n) is 8.17. The largest absolute Gasteiger partial charge is 0.351 e. The van der Waals surface area contributed by atoms with Crippen molar-refractivity contribution in [3.05, 3.63) is 100 Å². The molecule has 3 aromatic carbocycles. The number of aromatic nitrogens is 6. The lowest BCUT2D eigenvalue weighted by atomic mass is 9.98. The van der Waals surface area contributed by atoms with Gasteiger partial charge < -0.3 is 10.3 Å². The van der Waals surface area contributed by atoms with E-state index in [0.29, 0.717) is 22.8 Å². The van der Waals surface area contributed by atoms with Crippen molar-refractivity contribution in [3.63, 3.8) is 0 Å². The van der Waals surface area contributed by atoms with E-state index in [4.69, 9.17) is 16.6 Å². The molecule has 8 nitrogen and oxygen atoms in total. The molecule has 2 N–H and O–H groups in total. The Kier molecular flexibility index (Phi) is 5.81. The molecule has 0 radical (unpaired) electrons. The van der Waals surface area contributed by atoms with Crippen LogP contribution in [0.1, 0.15) is 38.8 Å². The molecule has 0 saturated heterocycles. The van der Waals surface area contributed by atoms with Gasteiger partial charge in [-0.1, -0.05) is 41.9 Å². The second kappa shape index (κ2) is 9.07. The van der Waals surface area contributed by atoms with Crippen molar-refractivity contribution in [2.45, 2.75) is 19.8 Å². The van der Waals surface area contributed by atoms with Gasteiger partial charge in [-0.2, -0.15) is 0 Å². The third-order valence-electron chi connectivity index (χ3n) is 5.93. The van der Waals surface area contributed by atoms with Gasteiger partial charge in [0.25, 0.3) is 5.91 Å². The Morgan fingerprint density at radius 1 is 1.09 bits per heavy atom. The van der Waals surface area contributed by atoms with Crippen LogP contribution in [0, 0.1) is 13.8 Å². The highest BCUT2D eigenvalue weighted by molar-refractivity contribution is 6.34. The monoisotopic (exact) mass is 471 g/mol. The number of aromatic amines is 1. The Hall–Kier alpha value is -4.04. The first kappa shape index (κ1) is 21.8. The molecule has 34 heavy (non-hydrogen) atoms.